The van der Waals surface area contributed by atoms with Gasteiger partial charge < -0.3 is 9.13 Å². The highest BCUT2D eigenvalue weighted by Gasteiger charge is 2.21. The highest BCUT2D eigenvalue weighted by molar-refractivity contribution is 6.12. The highest BCUT2D eigenvalue weighted by atomic mass is 15.2. The Hall–Kier alpha value is -9.60. The van der Waals surface area contributed by atoms with Gasteiger partial charge in [-0.2, -0.15) is 9.97 Å². The lowest BCUT2D eigenvalue weighted by atomic mass is 10.1. The van der Waals surface area contributed by atoms with E-state index in [0.29, 0.717) is 17.6 Å². The van der Waals surface area contributed by atoms with E-state index in [2.05, 4.69) is 153 Å². The predicted molar refractivity (Wildman–Crippen MR) is 278 cm³/mol. The normalized spacial score (nSPS) is 11.8. The summed E-state index contributed by atoms with van der Waals surface area (Å²) in [5, 5.41) is 5.58. The van der Waals surface area contributed by atoms with Gasteiger partial charge in [0.2, 0.25) is 5.95 Å². The quantitative estimate of drug-likeness (QED) is 0.158. The fourth-order valence-corrected chi connectivity index (χ4v) is 10.1. The van der Waals surface area contributed by atoms with E-state index in [1.165, 1.54) is 5.39 Å². The smallest absolute Gasteiger partial charge is 0.238 e. The maximum Gasteiger partial charge on any atom is 0.238 e. The van der Waals surface area contributed by atoms with Gasteiger partial charge in [-0.1, -0.05) is 133 Å². The molecule has 14 aromatic rings. The minimum Gasteiger partial charge on any atom is -0.309 e. The number of pyridine rings is 1. The van der Waals surface area contributed by atoms with Crippen LogP contribution in [0.5, 0.6) is 0 Å². The van der Waals surface area contributed by atoms with Crippen molar-refractivity contribution < 1.29 is 0 Å². The lowest BCUT2D eigenvalue weighted by Gasteiger charge is -2.11. The number of aromatic nitrogens is 9. The van der Waals surface area contributed by atoms with Crippen LogP contribution in [0.15, 0.2) is 225 Å². The van der Waals surface area contributed by atoms with Crippen LogP contribution in [0.1, 0.15) is 0 Å². The summed E-state index contributed by atoms with van der Waals surface area (Å²) in [5.41, 5.74) is 14.8. The van der Waals surface area contributed by atoms with Gasteiger partial charge in [0.25, 0.3) is 0 Å². The van der Waals surface area contributed by atoms with Gasteiger partial charge in [0, 0.05) is 66.8 Å². The van der Waals surface area contributed by atoms with Gasteiger partial charge in [-0.15, -0.1) is 0 Å². The zero-order valence-electron chi connectivity index (χ0n) is 36.9. The van der Waals surface area contributed by atoms with Crippen molar-refractivity contribution in [2.24, 2.45) is 0 Å². The molecule has 322 valence electrons. The molecule has 0 unspecified atom stereocenters. The molecule has 0 atom stereocenters. The molecule has 0 aliphatic rings. The molecule has 0 N–H and O–H groups in total. The minimum atomic E-state index is 0.548. The van der Waals surface area contributed by atoms with E-state index < -0.39 is 0 Å². The Morgan fingerprint density at radius 1 is 0.304 bits per heavy atom. The standard InChI is InChI=1S/C60H37N9/c1-4-15-38(16-5-1)58-64-59(39-17-6-2-7-18-39)66-60(65-58)69-52-24-13-11-22-45(52)47-33-40(27-30-53(47)69)49-36-61-37-50(63-49)41-26-29-46-44-21-10-12-23-51(44)68(56(46)34-41)43-28-31-54-48(35-43)57-55(25-14-32-62-57)67(54)42-19-8-3-9-20-42/h1-37H. The summed E-state index contributed by atoms with van der Waals surface area (Å²) in [6.07, 6.45) is 5.58. The minimum absolute atomic E-state index is 0.548. The van der Waals surface area contributed by atoms with Crippen LogP contribution in [0.2, 0.25) is 0 Å². The van der Waals surface area contributed by atoms with Crippen LogP contribution >= 0.6 is 0 Å². The Morgan fingerprint density at radius 2 is 0.841 bits per heavy atom. The molecule has 69 heavy (non-hydrogen) atoms. The fraction of sp³-hybridized carbons (Fsp3) is 0. The molecule has 14 rings (SSSR count). The SMILES string of the molecule is c1ccc(-c2nc(-c3ccccc3)nc(-n3c4ccccc4c4cc(-c5cncc(-c6ccc7c8ccccc8n(-c8ccc9c(c8)c8ncccc8n9-c8ccccc8)c7c6)n5)ccc43)n2)cc1. The Labute approximate surface area is 394 Å². The van der Waals surface area contributed by atoms with Crippen molar-refractivity contribution in [1.82, 2.24) is 43.6 Å². The second kappa shape index (κ2) is 15.5. The van der Waals surface area contributed by atoms with Crippen LogP contribution in [-0.2, 0) is 0 Å². The Balaban J connectivity index is 0.890. The summed E-state index contributed by atoms with van der Waals surface area (Å²) in [4.78, 5) is 30.2. The second-order valence-corrected chi connectivity index (χ2v) is 17.2. The van der Waals surface area contributed by atoms with Crippen molar-refractivity contribution >= 4 is 65.5 Å². The summed E-state index contributed by atoms with van der Waals surface area (Å²) in [5.74, 6) is 1.77. The predicted octanol–water partition coefficient (Wildman–Crippen LogP) is 14.0. The molecular formula is C60H37N9. The van der Waals surface area contributed by atoms with Gasteiger partial charge in [-0.3, -0.25) is 14.5 Å². The first kappa shape index (κ1) is 38.6. The van der Waals surface area contributed by atoms with Crippen LogP contribution in [-0.4, -0.2) is 43.6 Å². The molecule has 0 amide bonds. The number of hydrogen-bond acceptors (Lipinski definition) is 6. The third-order valence-electron chi connectivity index (χ3n) is 13.2. The molecular weight excluding hydrogens is 847 g/mol. The highest BCUT2D eigenvalue weighted by Crippen LogP contribution is 2.39. The molecule has 6 heterocycles. The maximum atomic E-state index is 5.30. The third-order valence-corrected chi connectivity index (χ3v) is 13.2. The van der Waals surface area contributed by atoms with Gasteiger partial charge in [0.05, 0.1) is 62.4 Å². The number of para-hydroxylation sites is 3. The number of nitrogens with zero attached hydrogens (tertiary/aromatic N) is 9. The molecule has 0 saturated heterocycles. The van der Waals surface area contributed by atoms with Gasteiger partial charge in [0.15, 0.2) is 11.6 Å². The lowest BCUT2D eigenvalue weighted by Crippen LogP contribution is -2.06. The van der Waals surface area contributed by atoms with Crippen molar-refractivity contribution in [3.63, 3.8) is 0 Å². The topological polar surface area (TPSA) is 92.1 Å². The largest absolute Gasteiger partial charge is 0.309 e. The molecule has 0 aliphatic heterocycles. The van der Waals surface area contributed by atoms with E-state index in [9.17, 15) is 0 Å². The van der Waals surface area contributed by atoms with Gasteiger partial charge in [-0.05, 0) is 72.8 Å². The molecule has 0 bridgehead atoms. The van der Waals surface area contributed by atoms with E-state index >= 15 is 0 Å². The van der Waals surface area contributed by atoms with Gasteiger partial charge in [-0.25, -0.2) is 9.97 Å². The summed E-state index contributed by atoms with van der Waals surface area (Å²) < 4.78 is 6.80. The molecule has 8 aromatic carbocycles. The van der Waals surface area contributed by atoms with E-state index in [-0.39, 0.29) is 0 Å². The number of hydrogen-bond donors (Lipinski definition) is 0. The Morgan fingerprint density at radius 3 is 1.57 bits per heavy atom. The first-order valence-corrected chi connectivity index (χ1v) is 22.9. The molecule has 0 fully saturated rings. The first-order valence-electron chi connectivity index (χ1n) is 22.9. The van der Waals surface area contributed by atoms with E-state index in [1.54, 1.807) is 0 Å². The summed E-state index contributed by atoms with van der Waals surface area (Å²) in [7, 11) is 0. The average molecular weight is 884 g/mol. The number of fused-ring (bicyclic) bond motifs is 9. The van der Waals surface area contributed by atoms with Crippen LogP contribution in [0.3, 0.4) is 0 Å². The Kier molecular flexibility index (Phi) is 8.68. The molecule has 0 saturated carbocycles. The van der Waals surface area contributed by atoms with Crippen molar-refractivity contribution in [1.29, 1.82) is 0 Å². The summed E-state index contributed by atoms with van der Waals surface area (Å²) in [6.45, 7) is 0. The van der Waals surface area contributed by atoms with Crippen LogP contribution in [0, 0.1) is 0 Å². The van der Waals surface area contributed by atoms with Crippen molar-refractivity contribution in [3.8, 4) is 62.6 Å². The molecule has 9 heteroatoms. The lowest BCUT2D eigenvalue weighted by molar-refractivity contribution is 0.953. The zero-order valence-corrected chi connectivity index (χ0v) is 36.9. The first-order chi connectivity index (χ1) is 34.2. The molecule has 0 spiro atoms. The second-order valence-electron chi connectivity index (χ2n) is 17.2. The third kappa shape index (κ3) is 6.25. The molecule has 9 nitrogen and oxygen atoms in total. The maximum absolute atomic E-state index is 5.30. The van der Waals surface area contributed by atoms with Gasteiger partial charge >= 0.3 is 0 Å². The molecule has 6 aromatic heterocycles. The molecule has 0 radical (unpaired) electrons. The number of benzene rings is 8. The van der Waals surface area contributed by atoms with Crippen molar-refractivity contribution in [2.75, 3.05) is 0 Å². The van der Waals surface area contributed by atoms with Crippen LogP contribution < -0.4 is 0 Å². The summed E-state index contributed by atoms with van der Waals surface area (Å²) in [6, 6.07) is 71.6. The van der Waals surface area contributed by atoms with Crippen molar-refractivity contribution in [3.05, 3.63) is 225 Å². The fourth-order valence-electron chi connectivity index (χ4n) is 10.1. The molecule has 0 aliphatic carbocycles. The van der Waals surface area contributed by atoms with E-state index in [0.717, 1.165) is 105 Å². The van der Waals surface area contributed by atoms with Crippen LogP contribution in [0.4, 0.5) is 0 Å². The average Bonchev–Trinajstić information content (AvgIpc) is 4.06. The monoisotopic (exact) mass is 883 g/mol. The number of rotatable bonds is 7. The Bertz CT molecular complexity index is 4250. The van der Waals surface area contributed by atoms with E-state index in [1.807, 2.05) is 85.3 Å². The summed E-state index contributed by atoms with van der Waals surface area (Å²) >= 11 is 0. The van der Waals surface area contributed by atoms with Crippen LogP contribution in [0.25, 0.3) is 128 Å². The van der Waals surface area contributed by atoms with Gasteiger partial charge in [0.1, 0.15) is 0 Å². The zero-order chi connectivity index (χ0) is 45.4. The van der Waals surface area contributed by atoms with Crippen molar-refractivity contribution in [2.45, 2.75) is 0 Å². The van der Waals surface area contributed by atoms with E-state index in [4.69, 9.17) is 29.9 Å².